The Morgan fingerprint density at radius 1 is 1.48 bits per heavy atom. The molecule has 144 valence electrons. The van der Waals surface area contributed by atoms with E-state index in [2.05, 4.69) is 5.92 Å². The molecule has 2 aliphatic rings. The van der Waals surface area contributed by atoms with E-state index in [1.165, 1.54) is 0 Å². The first-order valence-corrected chi connectivity index (χ1v) is 9.41. The van der Waals surface area contributed by atoms with Gasteiger partial charge in [-0.15, -0.1) is 12.3 Å². The first-order chi connectivity index (χ1) is 13.1. The van der Waals surface area contributed by atoms with Crippen LogP contribution in [0.2, 0.25) is 0 Å². The van der Waals surface area contributed by atoms with Gasteiger partial charge in [0.1, 0.15) is 11.9 Å². The number of aliphatic hydroxyl groups excluding tert-OH is 2. The van der Waals surface area contributed by atoms with Gasteiger partial charge >= 0.3 is 0 Å². The standard InChI is InChI=1S/C22H26O5/c1-3-14(2)18(24)10-9-16-19(25)12-20-21(16)17-8-4-6-15(22(17)27-20)7-5-11-26-13-23/h1,4,6,8-10,13-14,16,18-21,24-25H,5,7,11-12H2,2H3/t14?,16-,18+,19+,20?,21-/m0/s1. The van der Waals surface area contributed by atoms with Crippen LogP contribution in [0.25, 0.3) is 0 Å². The van der Waals surface area contributed by atoms with Gasteiger partial charge in [0.15, 0.2) is 0 Å². The molecule has 1 saturated carbocycles. The second kappa shape index (κ2) is 8.60. The van der Waals surface area contributed by atoms with Gasteiger partial charge in [-0.05, 0) is 25.3 Å². The number of ether oxygens (including phenoxy) is 2. The molecule has 0 saturated heterocycles. The zero-order valence-corrected chi connectivity index (χ0v) is 15.5. The molecule has 2 unspecified atom stereocenters. The van der Waals surface area contributed by atoms with E-state index in [0.717, 1.165) is 29.7 Å². The van der Waals surface area contributed by atoms with Crippen molar-refractivity contribution < 1.29 is 24.5 Å². The smallest absolute Gasteiger partial charge is 0.293 e. The number of carbonyl (C=O) groups excluding carboxylic acids is 1. The minimum atomic E-state index is -0.729. The summed E-state index contributed by atoms with van der Waals surface area (Å²) in [5.41, 5.74) is 2.19. The van der Waals surface area contributed by atoms with Crippen LogP contribution in [0.1, 0.15) is 36.8 Å². The van der Waals surface area contributed by atoms with Crippen LogP contribution in [-0.4, -0.2) is 41.6 Å². The average Bonchev–Trinajstić information content (AvgIpc) is 3.17. The monoisotopic (exact) mass is 370 g/mol. The van der Waals surface area contributed by atoms with Crippen molar-refractivity contribution in [1.82, 2.24) is 0 Å². The summed E-state index contributed by atoms with van der Waals surface area (Å²) in [6, 6.07) is 6.08. The molecule has 1 aromatic carbocycles. The average molecular weight is 370 g/mol. The quantitative estimate of drug-likeness (QED) is 0.318. The molecule has 5 nitrogen and oxygen atoms in total. The minimum absolute atomic E-state index is 0.0609. The Hall–Kier alpha value is -2.29. The molecule has 0 spiro atoms. The molecule has 0 bridgehead atoms. The highest BCUT2D eigenvalue weighted by Gasteiger charge is 2.48. The predicted octanol–water partition coefficient (Wildman–Crippen LogP) is 2.20. The van der Waals surface area contributed by atoms with Gasteiger partial charge in [-0.25, -0.2) is 0 Å². The molecule has 0 radical (unpaired) electrons. The van der Waals surface area contributed by atoms with Gasteiger partial charge in [0.25, 0.3) is 6.47 Å². The largest absolute Gasteiger partial charge is 0.489 e. The van der Waals surface area contributed by atoms with Crippen LogP contribution < -0.4 is 4.74 Å². The van der Waals surface area contributed by atoms with E-state index in [0.29, 0.717) is 19.5 Å². The van der Waals surface area contributed by atoms with Crippen LogP contribution in [0.15, 0.2) is 30.4 Å². The number of fused-ring (bicyclic) bond motifs is 3. The predicted molar refractivity (Wildman–Crippen MR) is 101 cm³/mol. The summed E-state index contributed by atoms with van der Waals surface area (Å²) in [5, 5.41) is 20.6. The number of carbonyl (C=O) groups is 1. The fourth-order valence-corrected chi connectivity index (χ4v) is 4.07. The van der Waals surface area contributed by atoms with Gasteiger partial charge < -0.3 is 19.7 Å². The number of terminal acetylenes is 1. The molecule has 1 aromatic rings. The lowest BCUT2D eigenvalue weighted by molar-refractivity contribution is -0.128. The summed E-state index contributed by atoms with van der Waals surface area (Å²) >= 11 is 0. The molecule has 1 fully saturated rings. The highest BCUT2D eigenvalue weighted by Crippen LogP contribution is 2.52. The van der Waals surface area contributed by atoms with Crippen LogP contribution >= 0.6 is 0 Å². The van der Waals surface area contributed by atoms with Gasteiger partial charge in [0.2, 0.25) is 0 Å². The zero-order valence-electron chi connectivity index (χ0n) is 15.5. The lowest BCUT2D eigenvalue weighted by Crippen LogP contribution is -2.18. The van der Waals surface area contributed by atoms with Gasteiger partial charge in [0, 0.05) is 29.7 Å². The Balaban J connectivity index is 1.77. The summed E-state index contributed by atoms with van der Waals surface area (Å²) in [5.74, 6) is 3.08. The number of benzene rings is 1. The molecule has 1 aliphatic heterocycles. The first-order valence-electron chi connectivity index (χ1n) is 9.41. The highest BCUT2D eigenvalue weighted by molar-refractivity contribution is 5.49. The van der Waals surface area contributed by atoms with Gasteiger partial charge in [-0.3, -0.25) is 4.79 Å². The third-order valence-electron chi connectivity index (χ3n) is 5.57. The van der Waals surface area contributed by atoms with E-state index < -0.39 is 12.2 Å². The van der Waals surface area contributed by atoms with Crippen LogP contribution in [0.3, 0.4) is 0 Å². The molecule has 2 N–H and O–H groups in total. The number of hydrogen-bond acceptors (Lipinski definition) is 5. The molecule has 6 atom stereocenters. The minimum Gasteiger partial charge on any atom is -0.489 e. The fourth-order valence-electron chi connectivity index (χ4n) is 4.07. The Bertz CT molecular complexity index is 735. The normalized spacial score (nSPS) is 28.1. The summed E-state index contributed by atoms with van der Waals surface area (Å²) < 4.78 is 11.0. The number of rotatable bonds is 8. The van der Waals surface area contributed by atoms with E-state index in [9.17, 15) is 15.0 Å². The van der Waals surface area contributed by atoms with Crippen LogP contribution in [0.5, 0.6) is 5.75 Å². The Morgan fingerprint density at radius 2 is 2.30 bits per heavy atom. The number of para-hydroxylation sites is 1. The van der Waals surface area contributed by atoms with Crippen molar-refractivity contribution in [2.75, 3.05) is 6.61 Å². The molecule has 5 heteroatoms. The summed E-state index contributed by atoms with van der Waals surface area (Å²) in [7, 11) is 0. The Morgan fingerprint density at radius 3 is 3.04 bits per heavy atom. The molecular formula is C22H26O5. The van der Waals surface area contributed by atoms with Crippen molar-refractivity contribution in [3.8, 4) is 18.1 Å². The molecule has 3 rings (SSSR count). The third-order valence-corrected chi connectivity index (χ3v) is 5.57. The van der Waals surface area contributed by atoms with E-state index >= 15 is 0 Å². The maximum absolute atomic E-state index is 10.5. The van der Waals surface area contributed by atoms with E-state index in [1.54, 1.807) is 13.0 Å². The van der Waals surface area contributed by atoms with Crippen molar-refractivity contribution in [3.05, 3.63) is 41.5 Å². The zero-order chi connectivity index (χ0) is 19.4. The summed E-state index contributed by atoms with van der Waals surface area (Å²) in [4.78, 5) is 10.3. The molecular weight excluding hydrogens is 344 g/mol. The highest BCUT2D eigenvalue weighted by atomic mass is 16.5. The van der Waals surface area contributed by atoms with E-state index in [4.69, 9.17) is 15.9 Å². The summed E-state index contributed by atoms with van der Waals surface area (Å²) in [6.45, 7) is 2.64. The van der Waals surface area contributed by atoms with Gasteiger partial charge in [0.05, 0.1) is 18.8 Å². The van der Waals surface area contributed by atoms with Crippen molar-refractivity contribution in [1.29, 1.82) is 0 Å². The van der Waals surface area contributed by atoms with E-state index in [1.807, 2.05) is 24.3 Å². The second-order valence-electron chi connectivity index (χ2n) is 7.30. The molecule has 0 amide bonds. The van der Waals surface area contributed by atoms with Crippen molar-refractivity contribution in [3.63, 3.8) is 0 Å². The molecule has 1 aliphatic carbocycles. The van der Waals surface area contributed by atoms with Gasteiger partial charge in [-0.1, -0.05) is 30.4 Å². The fraction of sp³-hybridized carbons (Fsp3) is 0.500. The Labute approximate surface area is 160 Å². The molecule has 27 heavy (non-hydrogen) atoms. The van der Waals surface area contributed by atoms with Crippen LogP contribution in [0.4, 0.5) is 0 Å². The van der Waals surface area contributed by atoms with Crippen LogP contribution in [0, 0.1) is 24.2 Å². The van der Waals surface area contributed by atoms with Crippen molar-refractivity contribution in [2.24, 2.45) is 11.8 Å². The van der Waals surface area contributed by atoms with Crippen molar-refractivity contribution >= 4 is 6.47 Å². The lowest BCUT2D eigenvalue weighted by atomic mass is 9.86. The SMILES string of the molecule is C#CC(C)[C@H](O)C=C[C@H]1[C@H](O)CC2Oc3c(CCCOC=O)cccc3[C@@H]21. The number of aliphatic hydroxyl groups is 2. The maximum Gasteiger partial charge on any atom is 0.293 e. The van der Waals surface area contributed by atoms with Crippen molar-refractivity contribution in [2.45, 2.75) is 50.4 Å². The van der Waals surface area contributed by atoms with Gasteiger partial charge in [-0.2, -0.15) is 0 Å². The molecule has 1 heterocycles. The topological polar surface area (TPSA) is 76.0 Å². The second-order valence-corrected chi connectivity index (χ2v) is 7.30. The van der Waals surface area contributed by atoms with Crippen LogP contribution in [-0.2, 0) is 16.0 Å². The number of aryl methyl sites for hydroxylation is 1. The Kier molecular flexibility index (Phi) is 6.20. The first kappa shape index (κ1) is 19.5. The number of hydrogen-bond donors (Lipinski definition) is 2. The van der Waals surface area contributed by atoms with E-state index in [-0.39, 0.29) is 23.9 Å². The summed E-state index contributed by atoms with van der Waals surface area (Å²) in [6.07, 6.45) is 9.69. The lowest BCUT2D eigenvalue weighted by Gasteiger charge is -2.18. The maximum atomic E-state index is 10.5. The molecule has 0 aromatic heterocycles. The third kappa shape index (κ3) is 4.02.